The fourth-order valence-corrected chi connectivity index (χ4v) is 1.05. The zero-order chi connectivity index (χ0) is 8.10. The predicted octanol–water partition coefficient (Wildman–Crippen LogP) is -0.195. The van der Waals surface area contributed by atoms with Crippen molar-refractivity contribution in [1.82, 2.24) is 5.32 Å². The van der Waals surface area contributed by atoms with Gasteiger partial charge in [0.2, 0.25) is 0 Å². The van der Waals surface area contributed by atoms with Gasteiger partial charge in [0, 0.05) is 13.2 Å². The van der Waals surface area contributed by atoms with Crippen LogP contribution < -0.4 is 5.32 Å². The van der Waals surface area contributed by atoms with Crippen LogP contribution >= 0.6 is 0 Å². The van der Waals surface area contributed by atoms with E-state index in [1.165, 1.54) is 6.07 Å². The van der Waals surface area contributed by atoms with Crippen LogP contribution in [0.1, 0.15) is 12.8 Å². The Morgan fingerprint density at radius 2 is 2.64 bits per heavy atom. The fourth-order valence-electron chi connectivity index (χ4n) is 1.05. The molecule has 4 nitrogen and oxygen atoms in total. The molecule has 0 aromatic heterocycles. The molecule has 60 valence electrons. The molecular weight excluding hydrogens is 144 g/mol. The van der Waals surface area contributed by atoms with Gasteiger partial charge >= 0.3 is 5.91 Å². The summed E-state index contributed by atoms with van der Waals surface area (Å²) < 4.78 is 5.22. The molecule has 0 radical (unpaired) electrons. The Labute approximate surface area is 65.1 Å². The lowest BCUT2D eigenvalue weighted by Gasteiger charge is -2.07. The number of hydrogen-bond acceptors (Lipinski definition) is 3. The molecule has 1 heterocycles. The molecule has 0 bridgehead atoms. The normalized spacial score (nSPS) is 22.6. The molecule has 1 atom stereocenters. The van der Waals surface area contributed by atoms with Crippen LogP contribution in [-0.4, -0.2) is 25.2 Å². The predicted molar refractivity (Wildman–Crippen MR) is 37.6 cm³/mol. The van der Waals surface area contributed by atoms with Gasteiger partial charge in [0.15, 0.2) is 6.07 Å². The standard InChI is InChI=1S/C7H10N2O2/c8-4-7(10)9-5-6-2-1-3-11-6/h6H,1-3,5H2,(H,9,10). The zero-order valence-corrected chi connectivity index (χ0v) is 6.17. The summed E-state index contributed by atoms with van der Waals surface area (Å²) in [4.78, 5) is 10.4. The molecule has 1 N–H and O–H groups in total. The van der Waals surface area contributed by atoms with Crippen molar-refractivity contribution in [2.24, 2.45) is 0 Å². The van der Waals surface area contributed by atoms with Gasteiger partial charge in [-0.25, -0.2) is 0 Å². The Balaban J connectivity index is 2.12. The van der Waals surface area contributed by atoms with Gasteiger partial charge in [-0.05, 0) is 12.8 Å². The average Bonchev–Trinajstić information content (AvgIpc) is 2.52. The zero-order valence-electron chi connectivity index (χ0n) is 6.17. The highest BCUT2D eigenvalue weighted by Gasteiger charge is 2.15. The average molecular weight is 154 g/mol. The number of rotatable bonds is 2. The first-order valence-electron chi connectivity index (χ1n) is 3.62. The van der Waals surface area contributed by atoms with Gasteiger partial charge in [0.05, 0.1) is 6.10 Å². The van der Waals surface area contributed by atoms with E-state index in [0.717, 1.165) is 19.4 Å². The van der Waals surface area contributed by atoms with Crippen LogP contribution in [-0.2, 0) is 9.53 Å². The van der Waals surface area contributed by atoms with E-state index in [1.807, 2.05) is 0 Å². The van der Waals surface area contributed by atoms with Crippen LogP contribution in [0.25, 0.3) is 0 Å². The number of nitriles is 1. The number of amides is 1. The third-order valence-electron chi connectivity index (χ3n) is 1.62. The first kappa shape index (κ1) is 8.02. The van der Waals surface area contributed by atoms with Gasteiger partial charge in [0.1, 0.15) is 0 Å². The number of carbonyl (C=O) groups excluding carboxylic acids is 1. The van der Waals surface area contributed by atoms with Crippen LogP contribution in [0.3, 0.4) is 0 Å². The van der Waals surface area contributed by atoms with Gasteiger partial charge < -0.3 is 10.1 Å². The molecule has 0 spiro atoms. The van der Waals surface area contributed by atoms with Crippen molar-refractivity contribution in [2.45, 2.75) is 18.9 Å². The summed E-state index contributed by atoms with van der Waals surface area (Å²) in [7, 11) is 0. The number of nitrogens with one attached hydrogen (secondary N) is 1. The van der Waals surface area contributed by atoms with Gasteiger partial charge in [0.25, 0.3) is 0 Å². The Bertz CT molecular complexity index is 179. The molecule has 1 amide bonds. The van der Waals surface area contributed by atoms with Gasteiger partial charge in [-0.1, -0.05) is 0 Å². The Morgan fingerprint density at radius 1 is 1.82 bits per heavy atom. The van der Waals surface area contributed by atoms with Crippen molar-refractivity contribution >= 4 is 5.91 Å². The lowest BCUT2D eigenvalue weighted by Crippen LogP contribution is -2.30. The summed E-state index contributed by atoms with van der Waals surface area (Å²) in [5.74, 6) is -0.583. The maximum Gasteiger partial charge on any atom is 0.322 e. The molecule has 1 unspecified atom stereocenters. The second-order valence-corrected chi connectivity index (χ2v) is 2.46. The molecule has 0 saturated carbocycles. The maximum atomic E-state index is 10.4. The minimum Gasteiger partial charge on any atom is -0.376 e. The van der Waals surface area contributed by atoms with E-state index in [-0.39, 0.29) is 6.10 Å². The molecule has 0 aromatic rings. The van der Waals surface area contributed by atoms with Crippen molar-refractivity contribution in [2.75, 3.05) is 13.2 Å². The van der Waals surface area contributed by atoms with E-state index in [0.29, 0.717) is 6.54 Å². The van der Waals surface area contributed by atoms with Gasteiger partial charge in [-0.3, -0.25) is 4.79 Å². The minimum absolute atomic E-state index is 0.118. The van der Waals surface area contributed by atoms with Gasteiger partial charge in [-0.2, -0.15) is 5.26 Å². The van der Waals surface area contributed by atoms with Gasteiger partial charge in [-0.15, -0.1) is 0 Å². The summed E-state index contributed by atoms with van der Waals surface area (Å²) in [5, 5.41) is 10.6. The van der Waals surface area contributed by atoms with E-state index < -0.39 is 5.91 Å². The first-order chi connectivity index (χ1) is 5.33. The largest absolute Gasteiger partial charge is 0.376 e. The molecule has 11 heavy (non-hydrogen) atoms. The van der Waals surface area contributed by atoms with E-state index in [9.17, 15) is 4.79 Å². The number of hydrogen-bond donors (Lipinski definition) is 1. The second kappa shape index (κ2) is 3.94. The lowest BCUT2D eigenvalue weighted by atomic mass is 10.2. The molecule has 0 aliphatic carbocycles. The summed E-state index contributed by atoms with van der Waals surface area (Å²) in [6, 6.07) is 1.48. The van der Waals surface area contributed by atoms with Crippen LogP contribution in [0.15, 0.2) is 0 Å². The molecule has 4 heteroatoms. The van der Waals surface area contributed by atoms with E-state index in [4.69, 9.17) is 10.00 Å². The number of carbonyl (C=O) groups is 1. The minimum atomic E-state index is -0.583. The number of nitrogens with zero attached hydrogens (tertiary/aromatic N) is 1. The summed E-state index contributed by atoms with van der Waals surface area (Å²) >= 11 is 0. The number of ether oxygens (including phenoxy) is 1. The fraction of sp³-hybridized carbons (Fsp3) is 0.714. The van der Waals surface area contributed by atoms with Crippen molar-refractivity contribution in [3.8, 4) is 6.07 Å². The third-order valence-corrected chi connectivity index (χ3v) is 1.62. The topological polar surface area (TPSA) is 62.1 Å². The van der Waals surface area contributed by atoms with Crippen LogP contribution in [0.4, 0.5) is 0 Å². The van der Waals surface area contributed by atoms with Crippen LogP contribution in [0, 0.1) is 11.3 Å². The highest BCUT2D eigenvalue weighted by molar-refractivity contribution is 5.91. The first-order valence-corrected chi connectivity index (χ1v) is 3.62. The summed E-state index contributed by atoms with van der Waals surface area (Å²) in [5.41, 5.74) is 0. The Kier molecular flexibility index (Phi) is 2.87. The lowest BCUT2D eigenvalue weighted by molar-refractivity contribution is -0.116. The summed E-state index contributed by atoms with van der Waals surface area (Å²) in [6.07, 6.45) is 2.14. The van der Waals surface area contributed by atoms with E-state index in [1.54, 1.807) is 0 Å². The third kappa shape index (κ3) is 2.56. The molecular formula is C7H10N2O2. The maximum absolute atomic E-state index is 10.4. The SMILES string of the molecule is N#CC(=O)NCC1CCCO1. The molecule has 1 rings (SSSR count). The monoisotopic (exact) mass is 154 g/mol. The van der Waals surface area contributed by atoms with E-state index >= 15 is 0 Å². The highest BCUT2D eigenvalue weighted by Crippen LogP contribution is 2.10. The van der Waals surface area contributed by atoms with Crippen LogP contribution in [0.5, 0.6) is 0 Å². The Morgan fingerprint density at radius 3 is 3.18 bits per heavy atom. The van der Waals surface area contributed by atoms with E-state index in [2.05, 4.69) is 5.32 Å². The van der Waals surface area contributed by atoms with Crippen molar-refractivity contribution < 1.29 is 9.53 Å². The van der Waals surface area contributed by atoms with Crippen molar-refractivity contribution in [1.29, 1.82) is 5.26 Å². The smallest absolute Gasteiger partial charge is 0.322 e. The quantitative estimate of drug-likeness (QED) is 0.560. The second-order valence-electron chi connectivity index (χ2n) is 2.46. The highest BCUT2D eigenvalue weighted by atomic mass is 16.5. The van der Waals surface area contributed by atoms with Crippen molar-refractivity contribution in [3.05, 3.63) is 0 Å². The molecule has 0 aromatic carbocycles. The Hall–Kier alpha value is -1.08. The summed E-state index contributed by atoms with van der Waals surface area (Å²) in [6.45, 7) is 1.24. The van der Waals surface area contributed by atoms with Crippen LogP contribution in [0.2, 0.25) is 0 Å². The molecule has 1 fully saturated rings. The molecule has 1 aliphatic rings. The molecule has 1 aliphatic heterocycles. The molecule has 1 saturated heterocycles. The van der Waals surface area contributed by atoms with Crippen molar-refractivity contribution in [3.63, 3.8) is 0 Å².